The van der Waals surface area contributed by atoms with Gasteiger partial charge in [0.2, 0.25) is 11.8 Å². The molecule has 0 aromatic rings. The molecule has 0 aromatic carbocycles. The van der Waals surface area contributed by atoms with Crippen LogP contribution in [-0.2, 0) is 9.59 Å². The van der Waals surface area contributed by atoms with E-state index in [1.54, 1.807) is 0 Å². The van der Waals surface area contributed by atoms with Gasteiger partial charge in [-0.1, -0.05) is 13.3 Å². The fourth-order valence-electron chi connectivity index (χ4n) is 2.01. The third kappa shape index (κ3) is 5.71. The summed E-state index contributed by atoms with van der Waals surface area (Å²) in [6.45, 7) is 4.56. The molecule has 4 nitrogen and oxygen atoms in total. The molecule has 0 aliphatic carbocycles. The van der Waals surface area contributed by atoms with E-state index in [1.807, 2.05) is 4.90 Å². The molecule has 17 heavy (non-hydrogen) atoms. The van der Waals surface area contributed by atoms with Crippen molar-refractivity contribution in [2.75, 3.05) is 19.6 Å². The van der Waals surface area contributed by atoms with Gasteiger partial charge in [-0.2, -0.15) is 0 Å². The maximum absolute atomic E-state index is 11.8. The smallest absolute Gasteiger partial charge is 0.223 e. The number of nitrogens with zero attached hydrogens (tertiary/aromatic N) is 1. The molecule has 2 amide bonds. The highest BCUT2D eigenvalue weighted by Crippen LogP contribution is 2.10. The van der Waals surface area contributed by atoms with Crippen molar-refractivity contribution in [3.63, 3.8) is 0 Å². The van der Waals surface area contributed by atoms with Gasteiger partial charge in [0.25, 0.3) is 0 Å². The van der Waals surface area contributed by atoms with E-state index in [0.717, 1.165) is 45.3 Å². The van der Waals surface area contributed by atoms with Gasteiger partial charge in [-0.05, 0) is 25.7 Å². The number of unbranched alkanes of at least 4 members (excludes halogenated alkanes) is 1. The lowest BCUT2D eigenvalue weighted by molar-refractivity contribution is -0.134. The summed E-state index contributed by atoms with van der Waals surface area (Å²) < 4.78 is 0. The second-order valence-electron chi connectivity index (χ2n) is 4.64. The molecule has 0 atom stereocenters. The Balaban J connectivity index is 2.11. The fraction of sp³-hybridized carbons (Fsp3) is 0.846. The highest BCUT2D eigenvalue weighted by Gasteiger charge is 2.16. The molecule has 0 spiro atoms. The van der Waals surface area contributed by atoms with Crippen LogP contribution in [-0.4, -0.2) is 36.3 Å². The number of piperidine rings is 1. The topological polar surface area (TPSA) is 49.4 Å². The lowest BCUT2D eigenvalue weighted by Crippen LogP contribution is -2.36. The van der Waals surface area contributed by atoms with Crippen LogP contribution in [0.5, 0.6) is 0 Å². The van der Waals surface area contributed by atoms with E-state index in [1.165, 1.54) is 6.42 Å². The molecule has 1 aliphatic heterocycles. The molecule has 1 rings (SSSR count). The monoisotopic (exact) mass is 240 g/mol. The van der Waals surface area contributed by atoms with Gasteiger partial charge >= 0.3 is 0 Å². The summed E-state index contributed by atoms with van der Waals surface area (Å²) in [5, 5.41) is 2.83. The summed E-state index contributed by atoms with van der Waals surface area (Å²) in [6.07, 6.45) is 6.21. The van der Waals surface area contributed by atoms with E-state index >= 15 is 0 Å². The number of rotatable bonds is 6. The Hall–Kier alpha value is -1.06. The third-order valence-corrected chi connectivity index (χ3v) is 3.13. The number of hydrogen-bond donors (Lipinski definition) is 1. The van der Waals surface area contributed by atoms with Gasteiger partial charge in [-0.3, -0.25) is 9.59 Å². The van der Waals surface area contributed by atoms with Crippen molar-refractivity contribution in [2.24, 2.45) is 0 Å². The van der Waals surface area contributed by atoms with E-state index in [-0.39, 0.29) is 11.8 Å². The Kier molecular flexibility index (Phi) is 6.67. The zero-order valence-corrected chi connectivity index (χ0v) is 10.8. The first-order valence-electron chi connectivity index (χ1n) is 6.78. The molecule has 0 bridgehead atoms. The van der Waals surface area contributed by atoms with Crippen molar-refractivity contribution < 1.29 is 9.59 Å². The Morgan fingerprint density at radius 2 is 1.82 bits per heavy atom. The normalized spacial score (nSPS) is 15.7. The zero-order chi connectivity index (χ0) is 12.5. The summed E-state index contributed by atoms with van der Waals surface area (Å²) in [4.78, 5) is 25.1. The van der Waals surface area contributed by atoms with Crippen LogP contribution in [0.2, 0.25) is 0 Å². The highest BCUT2D eigenvalue weighted by molar-refractivity contribution is 5.83. The van der Waals surface area contributed by atoms with E-state index in [9.17, 15) is 9.59 Å². The predicted molar refractivity (Wildman–Crippen MR) is 67.6 cm³/mol. The van der Waals surface area contributed by atoms with Crippen LogP contribution >= 0.6 is 0 Å². The van der Waals surface area contributed by atoms with Crippen LogP contribution in [0, 0.1) is 0 Å². The lowest BCUT2D eigenvalue weighted by atomic mass is 10.1. The number of carbonyl (C=O) groups is 2. The van der Waals surface area contributed by atoms with E-state index in [0.29, 0.717) is 12.8 Å². The van der Waals surface area contributed by atoms with E-state index in [2.05, 4.69) is 12.2 Å². The molecule has 98 valence electrons. The van der Waals surface area contributed by atoms with Crippen molar-refractivity contribution in [1.29, 1.82) is 0 Å². The lowest BCUT2D eigenvalue weighted by Gasteiger charge is -2.26. The van der Waals surface area contributed by atoms with Gasteiger partial charge in [-0.25, -0.2) is 0 Å². The largest absolute Gasteiger partial charge is 0.356 e. The molecule has 0 unspecified atom stereocenters. The molecule has 0 aromatic heterocycles. The first-order chi connectivity index (χ1) is 8.24. The number of amides is 2. The standard InChI is InChI=1S/C13H24N2O2/c1-2-3-9-14-12(16)7-8-13(17)15-10-5-4-6-11-15/h2-11H2,1H3,(H,14,16). The first-order valence-corrected chi connectivity index (χ1v) is 6.78. The van der Waals surface area contributed by atoms with Gasteiger partial charge in [0.1, 0.15) is 0 Å². The predicted octanol–water partition coefficient (Wildman–Crippen LogP) is 1.70. The van der Waals surface area contributed by atoms with Crippen molar-refractivity contribution in [3.05, 3.63) is 0 Å². The SMILES string of the molecule is CCCCNC(=O)CCC(=O)N1CCCCC1. The molecule has 1 fully saturated rings. The molecule has 1 heterocycles. The maximum Gasteiger partial charge on any atom is 0.223 e. The molecular weight excluding hydrogens is 216 g/mol. The fourth-order valence-corrected chi connectivity index (χ4v) is 2.01. The zero-order valence-electron chi connectivity index (χ0n) is 10.8. The molecule has 4 heteroatoms. The average Bonchev–Trinajstić information content (AvgIpc) is 2.37. The number of carbonyl (C=O) groups excluding carboxylic acids is 2. The Morgan fingerprint density at radius 3 is 2.47 bits per heavy atom. The van der Waals surface area contributed by atoms with Gasteiger partial charge < -0.3 is 10.2 Å². The minimum Gasteiger partial charge on any atom is -0.356 e. The van der Waals surface area contributed by atoms with Crippen LogP contribution in [0.3, 0.4) is 0 Å². The number of nitrogens with one attached hydrogen (secondary N) is 1. The van der Waals surface area contributed by atoms with E-state index in [4.69, 9.17) is 0 Å². The van der Waals surface area contributed by atoms with Gasteiger partial charge in [0.15, 0.2) is 0 Å². The Bertz CT molecular complexity index is 248. The summed E-state index contributed by atoms with van der Waals surface area (Å²) in [6, 6.07) is 0. The van der Waals surface area contributed by atoms with Gasteiger partial charge in [0, 0.05) is 32.5 Å². The minimum atomic E-state index is 0.00353. The maximum atomic E-state index is 11.8. The van der Waals surface area contributed by atoms with E-state index < -0.39 is 0 Å². The third-order valence-electron chi connectivity index (χ3n) is 3.13. The summed E-state index contributed by atoms with van der Waals surface area (Å²) in [7, 11) is 0. The highest BCUT2D eigenvalue weighted by atomic mass is 16.2. The molecule has 0 saturated carbocycles. The van der Waals surface area contributed by atoms with Crippen molar-refractivity contribution in [3.8, 4) is 0 Å². The van der Waals surface area contributed by atoms with Gasteiger partial charge in [0.05, 0.1) is 0 Å². The molecule has 1 N–H and O–H groups in total. The van der Waals surface area contributed by atoms with Crippen LogP contribution in [0.25, 0.3) is 0 Å². The van der Waals surface area contributed by atoms with Crippen molar-refractivity contribution in [1.82, 2.24) is 10.2 Å². The summed E-state index contributed by atoms with van der Waals surface area (Å²) in [5.74, 6) is 0.138. The second-order valence-corrected chi connectivity index (χ2v) is 4.64. The number of hydrogen-bond acceptors (Lipinski definition) is 2. The summed E-state index contributed by atoms with van der Waals surface area (Å²) in [5.41, 5.74) is 0. The minimum absolute atomic E-state index is 0.00353. The van der Waals surface area contributed by atoms with Crippen LogP contribution in [0.15, 0.2) is 0 Å². The summed E-state index contributed by atoms with van der Waals surface area (Å²) >= 11 is 0. The van der Waals surface area contributed by atoms with Crippen LogP contribution in [0.4, 0.5) is 0 Å². The average molecular weight is 240 g/mol. The molecule has 1 saturated heterocycles. The van der Waals surface area contributed by atoms with Crippen LogP contribution in [0.1, 0.15) is 51.9 Å². The Labute approximate surface area is 104 Å². The number of likely N-dealkylation sites (tertiary alicyclic amines) is 1. The second kappa shape index (κ2) is 8.09. The van der Waals surface area contributed by atoms with Crippen molar-refractivity contribution in [2.45, 2.75) is 51.9 Å². The Morgan fingerprint density at radius 1 is 1.12 bits per heavy atom. The van der Waals surface area contributed by atoms with Crippen molar-refractivity contribution >= 4 is 11.8 Å². The first kappa shape index (κ1) is 14.0. The molecule has 0 radical (unpaired) electrons. The molecule has 1 aliphatic rings. The van der Waals surface area contributed by atoms with Crippen LogP contribution < -0.4 is 5.32 Å². The van der Waals surface area contributed by atoms with Gasteiger partial charge in [-0.15, -0.1) is 0 Å². The quantitative estimate of drug-likeness (QED) is 0.718. The molecular formula is C13H24N2O2.